The molecule has 3 rings (SSSR count). The second-order valence-electron chi connectivity index (χ2n) is 8.09. The Hall–Kier alpha value is -2.39. The number of carbonyl (C=O) groups is 1. The van der Waals surface area contributed by atoms with E-state index in [0.717, 1.165) is 31.4 Å². The van der Waals surface area contributed by atoms with Gasteiger partial charge in [-0.2, -0.15) is 13.2 Å². The SMILES string of the molecule is CC(O)(c1ccc(NC(=O)Cc2ccc(S(=O)(=O)CC3CCC3)cc2)cc1)C(F)(F)F. The van der Waals surface area contributed by atoms with Crippen molar-refractivity contribution in [1.29, 1.82) is 0 Å². The monoisotopic (exact) mass is 455 g/mol. The number of rotatable bonds is 7. The predicted octanol–water partition coefficient (Wildman–Crippen LogP) is 4.21. The molecule has 0 bridgehead atoms. The Bertz CT molecular complexity index is 1030. The van der Waals surface area contributed by atoms with E-state index >= 15 is 0 Å². The number of halogens is 3. The summed E-state index contributed by atoms with van der Waals surface area (Å²) in [5.41, 5.74) is -2.43. The van der Waals surface area contributed by atoms with Crippen LogP contribution in [-0.4, -0.2) is 31.4 Å². The van der Waals surface area contributed by atoms with E-state index in [1.165, 1.54) is 24.3 Å². The first-order chi connectivity index (χ1) is 14.4. The van der Waals surface area contributed by atoms with Gasteiger partial charge in [0.25, 0.3) is 0 Å². The van der Waals surface area contributed by atoms with E-state index < -0.39 is 27.5 Å². The number of anilines is 1. The van der Waals surface area contributed by atoms with Gasteiger partial charge in [0.1, 0.15) is 0 Å². The van der Waals surface area contributed by atoms with Crippen molar-refractivity contribution in [2.75, 3.05) is 11.1 Å². The number of aliphatic hydroxyl groups is 1. The summed E-state index contributed by atoms with van der Waals surface area (Å²) < 4.78 is 63.5. The van der Waals surface area contributed by atoms with Crippen LogP contribution in [0.1, 0.15) is 37.3 Å². The van der Waals surface area contributed by atoms with Crippen LogP contribution in [0.4, 0.5) is 18.9 Å². The smallest absolute Gasteiger partial charge is 0.376 e. The molecule has 0 heterocycles. The number of hydrogen-bond acceptors (Lipinski definition) is 4. The van der Waals surface area contributed by atoms with E-state index in [0.29, 0.717) is 12.5 Å². The molecular weight excluding hydrogens is 431 g/mol. The van der Waals surface area contributed by atoms with E-state index in [-0.39, 0.29) is 34.2 Å². The molecule has 1 saturated carbocycles. The number of sulfone groups is 1. The first kappa shape index (κ1) is 23.3. The number of hydrogen-bond donors (Lipinski definition) is 2. The zero-order valence-corrected chi connectivity index (χ0v) is 17.8. The summed E-state index contributed by atoms with van der Waals surface area (Å²) in [6, 6.07) is 10.9. The lowest BCUT2D eigenvalue weighted by Gasteiger charge is -2.26. The quantitative estimate of drug-likeness (QED) is 0.655. The topological polar surface area (TPSA) is 83.5 Å². The van der Waals surface area contributed by atoms with Gasteiger partial charge in [0.15, 0.2) is 15.4 Å². The minimum absolute atomic E-state index is 0.0228. The Morgan fingerprint density at radius 1 is 1.06 bits per heavy atom. The van der Waals surface area contributed by atoms with Crippen molar-refractivity contribution < 1.29 is 31.5 Å². The molecule has 1 aliphatic rings. The van der Waals surface area contributed by atoms with Gasteiger partial charge in [0, 0.05) is 5.69 Å². The zero-order chi connectivity index (χ0) is 22.9. The van der Waals surface area contributed by atoms with E-state index in [1.807, 2.05) is 0 Å². The van der Waals surface area contributed by atoms with Crippen LogP contribution in [0.5, 0.6) is 0 Å². The van der Waals surface area contributed by atoms with E-state index in [2.05, 4.69) is 5.32 Å². The summed E-state index contributed by atoms with van der Waals surface area (Å²) in [4.78, 5) is 12.5. The lowest BCUT2D eigenvalue weighted by molar-refractivity contribution is -0.258. The molecule has 0 spiro atoms. The molecule has 9 heteroatoms. The van der Waals surface area contributed by atoms with Crippen LogP contribution in [0.25, 0.3) is 0 Å². The van der Waals surface area contributed by atoms with Crippen LogP contribution < -0.4 is 5.32 Å². The van der Waals surface area contributed by atoms with E-state index in [9.17, 15) is 31.5 Å². The molecule has 1 aliphatic carbocycles. The molecule has 0 saturated heterocycles. The second kappa shape index (κ2) is 8.63. The van der Waals surface area contributed by atoms with Gasteiger partial charge in [-0.25, -0.2) is 8.42 Å². The summed E-state index contributed by atoms with van der Waals surface area (Å²) in [7, 11) is -3.34. The average Bonchev–Trinajstić information content (AvgIpc) is 2.65. The number of benzene rings is 2. The summed E-state index contributed by atoms with van der Waals surface area (Å²) in [6.07, 6.45) is -1.91. The Kier molecular flexibility index (Phi) is 6.48. The number of amides is 1. The van der Waals surface area contributed by atoms with Crippen molar-refractivity contribution >= 4 is 21.4 Å². The molecule has 31 heavy (non-hydrogen) atoms. The fraction of sp³-hybridized carbons (Fsp3) is 0.409. The van der Waals surface area contributed by atoms with Crippen LogP contribution >= 0.6 is 0 Å². The van der Waals surface area contributed by atoms with Crippen molar-refractivity contribution in [1.82, 2.24) is 0 Å². The molecule has 0 aliphatic heterocycles. The molecule has 0 radical (unpaired) electrons. The lowest BCUT2D eigenvalue weighted by atomic mass is 9.87. The molecule has 2 aromatic rings. The molecule has 2 aromatic carbocycles. The van der Waals surface area contributed by atoms with E-state index in [4.69, 9.17) is 0 Å². The minimum Gasteiger partial charge on any atom is -0.376 e. The Labute approximate surface area is 179 Å². The van der Waals surface area contributed by atoms with Crippen LogP contribution in [0, 0.1) is 5.92 Å². The highest BCUT2D eigenvalue weighted by Crippen LogP contribution is 2.38. The van der Waals surface area contributed by atoms with Crippen molar-refractivity contribution in [3.8, 4) is 0 Å². The molecule has 1 atom stereocenters. The largest absolute Gasteiger partial charge is 0.421 e. The standard InChI is InChI=1S/C22H24F3NO4S/c1-21(28,22(23,24)25)17-7-9-18(10-8-17)26-20(27)13-15-5-11-19(12-6-15)31(29,30)14-16-3-2-4-16/h5-12,16,28H,2-4,13-14H2,1H3,(H,26,27). The van der Waals surface area contributed by atoms with Gasteiger partial charge in [-0.05, 0) is 61.1 Å². The fourth-order valence-electron chi connectivity index (χ4n) is 3.31. The molecule has 168 valence electrons. The van der Waals surface area contributed by atoms with Crippen molar-refractivity contribution in [3.05, 3.63) is 59.7 Å². The van der Waals surface area contributed by atoms with Gasteiger partial charge in [0.2, 0.25) is 5.91 Å². The van der Waals surface area contributed by atoms with Crippen molar-refractivity contribution in [3.63, 3.8) is 0 Å². The minimum atomic E-state index is -4.82. The maximum atomic E-state index is 12.9. The summed E-state index contributed by atoms with van der Waals surface area (Å²) in [5.74, 6) is -0.0357. The third-order valence-electron chi connectivity index (χ3n) is 5.61. The molecular formula is C22H24F3NO4S. The normalized spacial score (nSPS) is 16.9. The summed E-state index contributed by atoms with van der Waals surface area (Å²) in [5, 5.41) is 12.3. The highest BCUT2D eigenvalue weighted by atomic mass is 32.2. The number of carbonyl (C=O) groups excluding carboxylic acids is 1. The average molecular weight is 455 g/mol. The van der Waals surface area contributed by atoms with Crippen LogP contribution in [-0.2, 0) is 26.7 Å². The summed E-state index contributed by atoms with van der Waals surface area (Å²) >= 11 is 0. The van der Waals surface area contributed by atoms with Gasteiger partial charge in [-0.3, -0.25) is 4.79 Å². The predicted molar refractivity (Wildman–Crippen MR) is 110 cm³/mol. The Morgan fingerprint density at radius 2 is 1.65 bits per heavy atom. The maximum Gasteiger partial charge on any atom is 0.421 e. The molecule has 2 N–H and O–H groups in total. The highest BCUT2D eigenvalue weighted by molar-refractivity contribution is 7.91. The second-order valence-corrected chi connectivity index (χ2v) is 10.1. The van der Waals surface area contributed by atoms with Gasteiger partial charge in [-0.1, -0.05) is 30.7 Å². The fourth-order valence-corrected chi connectivity index (χ4v) is 5.01. The van der Waals surface area contributed by atoms with Crippen molar-refractivity contribution in [2.45, 2.75) is 49.3 Å². The first-order valence-corrected chi connectivity index (χ1v) is 11.5. The third kappa shape index (κ3) is 5.46. The molecule has 1 fully saturated rings. The molecule has 0 aromatic heterocycles. The van der Waals surface area contributed by atoms with Crippen molar-refractivity contribution in [2.24, 2.45) is 5.92 Å². The lowest BCUT2D eigenvalue weighted by Crippen LogP contribution is -2.39. The highest BCUT2D eigenvalue weighted by Gasteiger charge is 2.51. The Balaban J connectivity index is 1.59. The zero-order valence-electron chi connectivity index (χ0n) is 16.9. The summed E-state index contributed by atoms with van der Waals surface area (Å²) in [6.45, 7) is 0.663. The van der Waals surface area contributed by atoms with Gasteiger partial charge >= 0.3 is 6.18 Å². The number of alkyl halides is 3. The van der Waals surface area contributed by atoms with Crippen LogP contribution in [0.3, 0.4) is 0 Å². The van der Waals surface area contributed by atoms with Crippen LogP contribution in [0.2, 0.25) is 0 Å². The number of nitrogens with one attached hydrogen (secondary N) is 1. The van der Waals surface area contributed by atoms with Gasteiger partial charge in [-0.15, -0.1) is 0 Å². The van der Waals surface area contributed by atoms with Gasteiger partial charge < -0.3 is 10.4 Å². The molecule has 5 nitrogen and oxygen atoms in total. The Morgan fingerprint density at radius 3 is 2.13 bits per heavy atom. The first-order valence-electron chi connectivity index (χ1n) is 9.90. The van der Waals surface area contributed by atoms with Gasteiger partial charge in [0.05, 0.1) is 17.1 Å². The molecule has 1 amide bonds. The third-order valence-corrected chi connectivity index (χ3v) is 7.51. The van der Waals surface area contributed by atoms with E-state index in [1.54, 1.807) is 12.1 Å². The van der Waals surface area contributed by atoms with Crippen LogP contribution in [0.15, 0.2) is 53.4 Å². The maximum absolute atomic E-state index is 12.9. The molecule has 1 unspecified atom stereocenters.